The molecule has 0 saturated heterocycles. The van der Waals surface area contributed by atoms with Crippen molar-refractivity contribution in [3.8, 4) is 0 Å². The maximum Gasteiger partial charge on any atom is 0.219 e. The van der Waals surface area contributed by atoms with Crippen LogP contribution >= 0.6 is 58.5 Å². The predicted molar refractivity (Wildman–Crippen MR) is 118 cm³/mol. The minimum absolute atomic E-state index is 0.110. The van der Waals surface area contributed by atoms with E-state index in [4.69, 9.17) is 23.2 Å². The van der Waals surface area contributed by atoms with E-state index in [9.17, 15) is 9.59 Å². The fourth-order valence-corrected chi connectivity index (χ4v) is 4.72. The van der Waals surface area contributed by atoms with Crippen LogP contribution < -0.4 is 0 Å². The maximum absolute atomic E-state index is 11.8. The molecule has 0 aliphatic carbocycles. The van der Waals surface area contributed by atoms with Gasteiger partial charge in [0, 0.05) is 19.6 Å². The summed E-state index contributed by atoms with van der Waals surface area (Å²) >= 11 is 16.2. The molecule has 0 aliphatic rings. The number of hydrogen-bond acceptors (Lipinski definition) is 5. The fraction of sp³-hybridized carbons (Fsp3) is 0.100. The van der Waals surface area contributed by atoms with Gasteiger partial charge in [0.05, 0.1) is 10.0 Å². The average molecular weight is 455 g/mol. The first-order valence-corrected chi connectivity index (χ1v) is 10.9. The average Bonchev–Trinajstić information content (AvgIpc) is 2.59. The van der Waals surface area contributed by atoms with Crippen molar-refractivity contribution < 1.29 is 9.59 Å². The van der Waals surface area contributed by atoms with Gasteiger partial charge in [-0.05, 0) is 84.9 Å². The van der Waals surface area contributed by atoms with E-state index in [-0.39, 0.29) is 10.2 Å². The summed E-state index contributed by atoms with van der Waals surface area (Å²) in [5.41, 5.74) is 0.958. The number of carbonyl (C=O) groups is 2. The van der Waals surface area contributed by atoms with Gasteiger partial charge in [-0.25, -0.2) is 0 Å². The Kier molecular flexibility index (Phi) is 8.13. The lowest BCUT2D eigenvalue weighted by molar-refractivity contribution is -0.108. The van der Waals surface area contributed by atoms with E-state index < -0.39 is 0 Å². The van der Waals surface area contributed by atoms with E-state index in [0.29, 0.717) is 31.0 Å². The Labute approximate surface area is 181 Å². The van der Waals surface area contributed by atoms with E-state index in [1.807, 2.05) is 24.3 Å². The molecule has 0 atom stereocenters. The van der Waals surface area contributed by atoms with E-state index in [2.05, 4.69) is 13.2 Å². The second-order valence-electron chi connectivity index (χ2n) is 5.63. The molecular formula is C20H16Cl2O2S3. The summed E-state index contributed by atoms with van der Waals surface area (Å²) in [6.07, 6.45) is 0. The first kappa shape index (κ1) is 22.2. The van der Waals surface area contributed by atoms with Gasteiger partial charge in [-0.2, -0.15) is 0 Å². The van der Waals surface area contributed by atoms with Crippen LogP contribution in [0.5, 0.6) is 0 Å². The lowest BCUT2D eigenvalue weighted by Gasteiger charge is -2.08. The molecule has 0 fully saturated rings. The fourth-order valence-electron chi connectivity index (χ4n) is 1.77. The SMILES string of the molecule is C=C(C)C(=O)Sc1ccc(Sc2ccc(SC(=O)C(=C)C)c(Cl)c2)cc1Cl. The number of rotatable bonds is 6. The van der Waals surface area contributed by atoms with Gasteiger partial charge in [-0.1, -0.05) is 48.1 Å². The third kappa shape index (κ3) is 6.47. The first-order chi connectivity index (χ1) is 12.7. The van der Waals surface area contributed by atoms with Crippen molar-refractivity contribution in [1.82, 2.24) is 0 Å². The summed E-state index contributed by atoms with van der Waals surface area (Å²) in [5.74, 6) is 0. The standard InChI is InChI=1S/C20H16Cl2O2S3/c1-11(2)19(23)26-17-7-5-13(9-15(17)21)25-14-6-8-18(16(22)10-14)27-20(24)12(3)4/h5-10H,1,3H2,2,4H3. The third-order valence-corrected chi connectivity index (χ3v) is 7.19. The molecular weight excluding hydrogens is 439 g/mol. The van der Waals surface area contributed by atoms with Crippen LogP contribution in [0.25, 0.3) is 0 Å². The topological polar surface area (TPSA) is 34.1 Å². The molecule has 27 heavy (non-hydrogen) atoms. The number of benzene rings is 2. The van der Waals surface area contributed by atoms with Crippen molar-refractivity contribution in [2.24, 2.45) is 0 Å². The molecule has 0 unspecified atom stereocenters. The summed E-state index contributed by atoms with van der Waals surface area (Å²) in [7, 11) is 0. The zero-order chi connectivity index (χ0) is 20.1. The highest BCUT2D eigenvalue weighted by Crippen LogP contribution is 2.38. The molecule has 7 heteroatoms. The zero-order valence-electron chi connectivity index (χ0n) is 14.7. The summed E-state index contributed by atoms with van der Waals surface area (Å²) in [4.78, 5) is 26.8. The van der Waals surface area contributed by atoms with Crippen molar-refractivity contribution in [2.75, 3.05) is 0 Å². The van der Waals surface area contributed by atoms with Gasteiger partial charge in [0.2, 0.25) is 10.2 Å². The van der Waals surface area contributed by atoms with E-state index in [1.54, 1.807) is 26.0 Å². The highest BCUT2D eigenvalue weighted by molar-refractivity contribution is 8.14. The number of carbonyl (C=O) groups excluding carboxylic acids is 2. The second kappa shape index (κ2) is 9.89. The van der Waals surface area contributed by atoms with Crippen LogP contribution in [0.15, 0.2) is 80.3 Å². The number of thioether (sulfide) groups is 2. The normalized spacial score (nSPS) is 10.5. The molecule has 0 spiro atoms. The molecule has 2 rings (SSSR count). The molecule has 0 saturated carbocycles. The van der Waals surface area contributed by atoms with Crippen molar-refractivity contribution in [2.45, 2.75) is 33.4 Å². The second-order valence-corrected chi connectivity index (χ2v) is 9.62. The molecule has 0 aliphatic heterocycles. The Morgan fingerprint density at radius 2 is 1.15 bits per heavy atom. The van der Waals surface area contributed by atoms with Crippen molar-refractivity contribution in [3.63, 3.8) is 0 Å². The monoisotopic (exact) mass is 454 g/mol. The van der Waals surface area contributed by atoms with Gasteiger partial charge >= 0.3 is 0 Å². The van der Waals surface area contributed by atoms with Gasteiger partial charge in [0.1, 0.15) is 0 Å². The summed E-state index contributed by atoms with van der Waals surface area (Å²) < 4.78 is 0. The molecule has 2 nitrogen and oxygen atoms in total. The largest absolute Gasteiger partial charge is 0.282 e. The summed E-state index contributed by atoms with van der Waals surface area (Å²) in [6.45, 7) is 10.6. The highest BCUT2D eigenvalue weighted by atomic mass is 35.5. The zero-order valence-corrected chi connectivity index (χ0v) is 18.6. The number of halogens is 2. The number of hydrogen-bond donors (Lipinski definition) is 0. The van der Waals surface area contributed by atoms with E-state index in [1.165, 1.54) is 11.8 Å². The van der Waals surface area contributed by atoms with E-state index in [0.717, 1.165) is 33.3 Å². The van der Waals surface area contributed by atoms with Crippen LogP contribution in [0, 0.1) is 0 Å². The molecule has 0 heterocycles. The predicted octanol–water partition coefficient (Wildman–Crippen LogP) is 7.53. The van der Waals surface area contributed by atoms with Crippen LogP contribution in [-0.4, -0.2) is 10.2 Å². The third-order valence-electron chi connectivity index (χ3n) is 3.14. The Hall–Kier alpha value is -1.11. The van der Waals surface area contributed by atoms with Crippen LogP contribution in [0.4, 0.5) is 0 Å². The van der Waals surface area contributed by atoms with Gasteiger partial charge < -0.3 is 0 Å². The molecule has 2 aromatic rings. The molecule has 0 amide bonds. The van der Waals surface area contributed by atoms with Gasteiger partial charge in [-0.15, -0.1) is 0 Å². The minimum Gasteiger partial charge on any atom is -0.282 e. The van der Waals surface area contributed by atoms with Gasteiger partial charge in [0.15, 0.2) is 0 Å². The molecule has 0 radical (unpaired) electrons. The molecule has 0 aromatic heterocycles. The smallest absolute Gasteiger partial charge is 0.219 e. The van der Waals surface area contributed by atoms with Gasteiger partial charge in [-0.3, -0.25) is 9.59 Å². The van der Waals surface area contributed by atoms with Crippen molar-refractivity contribution >= 4 is 68.7 Å². The lowest BCUT2D eigenvalue weighted by Crippen LogP contribution is -1.92. The molecule has 0 N–H and O–H groups in total. The van der Waals surface area contributed by atoms with Crippen molar-refractivity contribution in [1.29, 1.82) is 0 Å². The Bertz CT molecular complexity index is 863. The van der Waals surface area contributed by atoms with Crippen LogP contribution in [0.3, 0.4) is 0 Å². The summed E-state index contributed by atoms with van der Waals surface area (Å²) in [6, 6.07) is 11.0. The van der Waals surface area contributed by atoms with Gasteiger partial charge in [0.25, 0.3) is 0 Å². The first-order valence-electron chi connectivity index (χ1n) is 7.69. The van der Waals surface area contributed by atoms with Crippen LogP contribution in [-0.2, 0) is 9.59 Å². The molecule has 140 valence electrons. The molecule has 2 aromatic carbocycles. The lowest BCUT2D eigenvalue weighted by atomic mass is 10.3. The van der Waals surface area contributed by atoms with Crippen molar-refractivity contribution in [3.05, 3.63) is 70.7 Å². The Morgan fingerprint density at radius 1 is 0.778 bits per heavy atom. The van der Waals surface area contributed by atoms with Crippen LogP contribution in [0.2, 0.25) is 10.0 Å². The quantitative estimate of drug-likeness (QED) is 0.332. The Balaban J connectivity index is 2.13. The van der Waals surface area contributed by atoms with E-state index >= 15 is 0 Å². The summed E-state index contributed by atoms with van der Waals surface area (Å²) in [5, 5.41) is 0.790. The minimum atomic E-state index is -0.110. The molecule has 0 bridgehead atoms. The Morgan fingerprint density at radius 3 is 1.44 bits per heavy atom. The maximum atomic E-state index is 11.8. The van der Waals surface area contributed by atoms with Crippen LogP contribution in [0.1, 0.15) is 13.8 Å². The highest BCUT2D eigenvalue weighted by Gasteiger charge is 2.12.